The molecule has 0 saturated carbocycles. The Morgan fingerprint density at radius 3 is 2.46 bits per heavy atom. The Morgan fingerprint density at radius 1 is 1.03 bits per heavy atom. The molecule has 10 nitrogen and oxygen atoms in total. The highest BCUT2D eigenvalue weighted by Crippen LogP contribution is 2.38. The number of carbonyl (C=O) groups excluding carboxylic acids is 2. The number of carboxylic acid groups (broad SMARTS) is 1. The zero-order valence-electron chi connectivity index (χ0n) is 18.7. The zero-order chi connectivity index (χ0) is 26.3. The topological polar surface area (TPSA) is 140 Å². The van der Waals surface area contributed by atoms with Crippen LogP contribution in [0.25, 0.3) is 11.0 Å². The first kappa shape index (κ1) is 24.2. The maximum Gasteiger partial charge on any atom is 0.416 e. The lowest BCUT2D eigenvalue weighted by Crippen LogP contribution is -2.35. The average molecular weight is 530 g/mol. The number of nitrogens with one attached hydrogen (secondary N) is 3. The highest BCUT2D eigenvalue weighted by atomic mass is 32.1. The molecule has 4 N–H and O–H groups in total. The highest BCUT2D eigenvalue weighted by molar-refractivity contribution is 7.17. The van der Waals surface area contributed by atoms with Crippen molar-refractivity contribution in [3.05, 3.63) is 69.6 Å². The third kappa shape index (κ3) is 4.82. The van der Waals surface area contributed by atoms with Gasteiger partial charge in [0, 0.05) is 22.7 Å². The fourth-order valence-corrected chi connectivity index (χ4v) is 5.31. The van der Waals surface area contributed by atoms with Gasteiger partial charge < -0.3 is 15.3 Å². The summed E-state index contributed by atoms with van der Waals surface area (Å²) in [4.78, 5) is 39.7. The number of anilines is 2. The normalized spacial score (nSPS) is 13.3. The molecule has 0 atom stereocenters. The number of aromatic nitrogens is 3. The number of thiophene rings is 1. The number of nitrogens with zero attached hydrogens (tertiary/aromatic N) is 3. The predicted molar refractivity (Wildman–Crippen MR) is 128 cm³/mol. The number of hydrogen-bond acceptors (Lipinski definition) is 6. The quantitative estimate of drug-likeness (QED) is 0.305. The van der Waals surface area contributed by atoms with Gasteiger partial charge in [0.15, 0.2) is 0 Å². The van der Waals surface area contributed by atoms with Crippen LogP contribution in [0.4, 0.5) is 28.7 Å². The average Bonchev–Trinajstić information content (AvgIpc) is 3.46. The minimum atomic E-state index is -4.51. The smallest absolute Gasteiger partial charge is 0.416 e. The molecular formula is C23H17F3N6O4S. The van der Waals surface area contributed by atoms with Crippen molar-refractivity contribution in [2.45, 2.75) is 19.1 Å². The third-order valence-corrected chi connectivity index (χ3v) is 6.95. The molecule has 37 heavy (non-hydrogen) atoms. The Hall–Kier alpha value is -4.46. The van der Waals surface area contributed by atoms with Gasteiger partial charge in [0.2, 0.25) is 0 Å². The van der Waals surface area contributed by atoms with Crippen LogP contribution < -0.4 is 10.6 Å². The Balaban J connectivity index is 1.32. The van der Waals surface area contributed by atoms with Crippen LogP contribution in [0.2, 0.25) is 0 Å². The lowest BCUT2D eigenvalue weighted by molar-refractivity contribution is -0.137. The van der Waals surface area contributed by atoms with E-state index in [-0.39, 0.29) is 41.7 Å². The standard InChI is InChI=1S/C23H17F3N6O4S/c24-23(25,26)12-2-4-13(5-3-12)27-22(36)28-19-18(21(34)35)14-7-8-32(10-17(14)37-19)20(33)11-1-6-15-16(9-11)30-31-29-15/h1-6,9H,7-8,10H2,(H,34,35)(H2,27,28,36)(H,29,30,31). The molecule has 4 aromatic rings. The van der Waals surface area contributed by atoms with Gasteiger partial charge in [-0.3, -0.25) is 10.1 Å². The van der Waals surface area contributed by atoms with Crippen LogP contribution in [0.5, 0.6) is 0 Å². The summed E-state index contributed by atoms with van der Waals surface area (Å²) < 4.78 is 38.2. The lowest BCUT2D eigenvalue weighted by atomic mass is 10.0. The number of H-pyrrole nitrogens is 1. The van der Waals surface area contributed by atoms with Crippen molar-refractivity contribution in [3.63, 3.8) is 0 Å². The second-order valence-electron chi connectivity index (χ2n) is 8.17. The molecule has 2 aromatic heterocycles. The number of amides is 3. The number of alkyl halides is 3. The molecule has 1 aliphatic heterocycles. The molecule has 0 saturated heterocycles. The molecule has 0 spiro atoms. The summed E-state index contributed by atoms with van der Waals surface area (Å²) in [5.41, 5.74) is 1.26. The first-order valence-electron chi connectivity index (χ1n) is 10.8. The van der Waals surface area contributed by atoms with E-state index in [9.17, 15) is 32.7 Å². The molecule has 2 aromatic carbocycles. The summed E-state index contributed by atoms with van der Waals surface area (Å²) in [5, 5.41) is 25.2. The number of hydrogen-bond donors (Lipinski definition) is 4. The first-order chi connectivity index (χ1) is 17.6. The molecule has 190 valence electrons. The molecular weight excluding hydrogens is 513 g/mol. The van der Waals surface area contributed by atoms with E-state index in [1.165, 1.54) is 0 Å². The van der Waals surface area contributed by atoms with E-state index in [2.05, 4.69) is 26.0 Å². The van der Waals surface area contributed by atoms with Crippen molar-refractivity contribution in [1.82, 2.24) is 20.3 Å². The van der Waals surface area contributed by atoms with E-state index < -0.39 is 23.7 Å². The maximum absolute atomic E-state index is 13.1. The van der Waals surface area contributed by atoms with Gasteiger partial charge in [-0.25, -0.2) is 9.59 Å². The number of aromatic carboxylic acids is 1. The van der Waals surface area contributed by atoms with Gasteiger partial charge in [-0.05, 0) is 54.4 Å². The molecule has 0 aliphatic carbocycles. The second kappa shape index (κ2) is 9.20. The second-order valence-corrected chi connectivity index (χ2v) is 9.28. The summed E-state index contributed by atoms with van der Waals surface area (Å²) in [6.45, 7) is 0.426. The molecule has 1 aliphatic rings. The van der Waals surface area contributed by atoms with Crippen LogP contribution in [-0.4, -0.2) is 49.9 Å². The van der Waals surface area contributed by atoms with Gasteiger partial charge in [0.05, 0.1) is 17.7 Å². The Bertz CT molecular complexity index is 1530. The van der Waals surface area contributed by atoms with Crippen molar-refractivity contribution in [3.8, 4) is 0 Å². The van der Waals surface area contributed by atoms with E-state index in [0.29, 0.717) is 27.0 Å². The first-order valence-corrected chi connectivity index (χ1v) is 11.6. The number of urea groups is 1. The van der Waals surface area contributed by atoms with Crippen molar-refractivity contribution in [2.24, 2.45) is 0 Å². The summed E-state index contributed by atoms with van der Waals surface area (Å²) >= 11 is 1.03. The summed E-state index contributed by atoms with van der Waals surface area (Å²) in [7, 11) is 0. The van der Waals surface area contributed by atoms with Crippen molar-refractivity contribution < 1.29 is 32.7 Å². The number of aromatic amines is 1. The van der Waals surface area contributed by atoms with Crippen LogP contribution in [0.15, 0.2) is 42.5 Å². The van der Waals surface area contributed by atoms with Gasteiger partial charge in [-0.1, -0.05) is 0 Å². The van der Waals surface area contributed by atoms with Gasteiger partial charge in [-0.15, -0.1) is 11.3 Å². The van der Waals surface area contributed by atoms with Crippen LogP contribution in [0.3, 0.4) is 0 Å². The van der Waals surface area contributed by atoms with Gasteiger partial charge >= 0.3 is 18.2 Å². The van der Waals surface area contributed by atoms with E-state index in [0.717, 1.165) is 35.6 Å². The Morgan fingerprint density at radius 2 is 1.76 bits per heavy atom. The Kier molecular flexibility index (Phi) is 6.03. The Labute approximate surface area is 210 Å². The molecule has 14 heteroatoms. The maximum atomic E-state index is 13.1. The van der Waals surface area contributed by atoms with Gasteiger partial charge in [-0.2, -0.15) is 28.6 Å². The number of halogens is 3. The third-order valence-electron chi connectivity index (χ3n) is 5.82. The van der Waals surface area contributed by atoms with E-state index >= 15 is 0 Å². The number of benzene rings is 2. The number of carboxylic acids is 1. The lowest BCUT2D eigenvalue weighted by Gasteiger charge is -2.27. The molecule has 3 amide bonds. The van der Waals surface area contributed by atoms with Crippen molar-refractivity contribution in [2.75, 3.05) is 17.2 Å². The van der Waals surface area contributed by atoms with Gasteiger partial charge in [0.1, 0.15) is 16.0 Å². The molecule has 5 rings (SSSR count). The molecule has 3 heterocycles. The number of carbonyl (C=O) groups is 3. The van der Waals surface area contributed by atoms with Crippen LogP contribution in [0.1, 0.15) is 36.7 Å². The summed E-state index contributed by atoms with van der Waals surface area (Å²) in [6, 6.07) is 7.97. The minimum Gasteiger partial charge on any atom is -0.478 e. The number of rotatable bonds is 4. The van der Waals surface area contributed by atoms with E-state index in [4.69, 9.17) is 0 Å². The zero-order valence-corrected chi connectivity index (χ0v) is 19.5. The van der Waals surface area contributed by atoms with E-state index in [1.807, 2.05) is 0 Å². The fourth-order valence-electron chi connectivity index (χ4n) is 4.06. The summed E-state index contributed by atoms with van der Waals surface area (Å²) in [5.74, 6) is -1.49. The molecule has 0 unspecified atom stereocenters. The van der Waals surface area contributed by atoms with E-state index in [1.54, 1.807) is 23.1 Å². The van der Waals surface area contributed by atoms with Crippen LogP contribution in [-0.2, 0) is 19.1 Å². The monoisotopic (exact) mass is 530 g/mol. The van der Waals surface area contributed by atoms with Gasteiger partial charge in [0.25, 0.3) is 5.91 Å². The predicted octanol–water partition coefficient (Wildman–Crippen LogP) is 4.58. The largest absolute Gasteiger partial charge is 0.478 e. The number of fused-ring (bicyclic) bond motifs is 2. The minimum absolute atomic E-state index is 0.0697. The molecule has 0 fully saturated rings. The van der Waals surface area contributed by atoms with Crippen molar-refractivity contribution >= 4 is 51.0 Å². The van der Waals surface area contributed by atoms with Crippen LogP contribution in [0, 0.1) is 0 Å². The van der Waals surface area contributed by atoms with Crippen molar-refractivity contribution in [1.29, 1.82) is 0 Å². The van der Waals surface area contributed by atoms with Crippen LogP contribution >= 0.6 is 11.3 Å². The molecule has 0 radical (unpaired) electrons. The SMILES string of the molecule is O=C(Nc1ccc(C(F)(F)F)cc1)Nc1sc2c(c1C(=O)O)CCN(C(=O)c1ccc3n[nH]nc3c1)C2. The highest BCUT2D eigenvalue weighted by Gasteiger charge is 2.32. The molecule has 0 bridgehead atoms. The fraction of sp³-hybridized carbons (Fsp3) is 0.174. The summed E-state index contributed by atoms with van der Waals surface area (Å²) in [6.07, 6.45) is -4.24.